The van der Waals surface area contributed by atoms with Crippen molar-refractivity contribution in [3.05, 3.63) is 77.2 Å². The second-order valence-corrected chi connectivity index (χ2v) is 8.22. The number of carbonyl (C=O) groups excluding carboxylic acids is 2. The van der Waals surface area contributed by atoms with Crippen LogP contribution in [0.1, 0.15) is 48.5 Å². The predicted octanol–water partition coefficient (Wildman–Crippen LogP) is 4.50. The second kappa shape index (κ2) is 9.73. The van der Waals surface area contributed by atoms with Gasteiger partial charge in [0.1, 0.15) is 22.9 Å². The number of anilines is 2. The Bertz CT molecular complexity index is 1310. The van der Waals surface area contributed by atoms with Gasteiger partial charge in [-0.15, -0.1) is 0 Å². The summed E-state index contributed by atoms with van der Waals surface area (Å²) >= 11 is 0. The standard InChI is InChI=1S/C26H23N3O6/c1-16-22(28-25(33)34-17(2)19-6-4-3-5-7-19)21(35-29-16)13-10-18-8-11-20(12-9-18)27-23(30)26(14-15-26)24(31)32/h3-9,11-12,17H,14-15H2,1-2H3,(H,27,30)(H,28,33)(H,31,32)/t17-/m1/s1. The van der Waals surface area contributed by atoms with Crippen LogP contribution in [0.4, 0.5) is 16.2 Å². The average Bonchev–Trinajstić information content (AvgIpc) is 3.60. The van der Waals surface area contributed by atoms with Crippen molar-refractivity contribution in [2.75, 3.05) is 10.6 Å². The highest BCUT2D eigenvalue weighted by Crippen LogP contribution is 2.46. The molecule has 1 aliphatic rings. The van der Waals surface area contributed by atoms with Crippen LogP contribution >= 0.6 is 0 Å². The highest BCUT2D eigenvalue weighted by molar-refractivity contribution is 6.10. The van der Waals surface area contributed by atoms with E-state index in [9.17, 15) is 19.5 Å². The Morgan fingerprint density at radius 1 is 1.06 bits per heavy atom. The lowest BCUT2D eigenvalue weighted by Gasteiger charge is -2.13. The number of ether oxygens (including phenoxy) is 1. The molecule has 1 aromatic heterocycles. The Balaban J connectivity index is 1.40. The Labute approximate surface area is 201 Å². The molecule has 4 rings (SSSR count). The van der Waals surface area contributed by atoms with Crippen LogP contribution in [0.5, 0.6) is 0 Å². The third kappa shape index (κ3) is 5.33. The molecule has 178 valence electrons. The van der Waals surface area contributed by atoms with Crippen LogP contribution in [0, 0.1) is 24.2 Å². The summed E-state index contributed by atoms with van der Waals surface area (Å²) in [5, 5.41) is 18.4. The molecular weight excluding hydrogens is 450 g/mol. The lowest BCUT2D eigenvalue weighted by molar-refractivity contribution is -0.147. The highest BCUT2D eigenvalue weighted by Gasteiger charge is 2.57. The van der Waals surface area contributed by atoms with Gasteiger partial charge in [-0.25, -0.2) is 4.79 Å². The van der Waals surface area contributed by atoms with E-state index in [2.05, 4.69) is 27.6 Å². The van der Waals surface area contributed by atoms with Gasteiger partial charge >= 0.3 is 12.1 Å². The van der Waals surface area contributed by atoms with E-state index < -0.39 is 29.5 Å². The summed E-state index contributed by atoms with van der Waals surface area (Å²) < 4.78 is 10.7. The molecule has 2 aromatic carbocycles. The summed E-state index contributed by atoms with van der Waals surface area (Å²) in [5.41, 5.74) is 1.40. The molecule has 0 aliphatic heterocycles. The molecule has 1 aliphatic carbocycles. The third-order valence-corrected chi connectivity index (χ3v) is 5.70. The van der Waals surface area contributed by atoms with E-state index in [0.29, 0.717) is 35.5 Å². The SMILES string of the molecule is Cc1noc(C#Cc2ccc(NC(=O)C3(C(=O)O)CC3)cc2)c1NC(=O)O[C@H](C)c1ccccc1. The number of nitrogens with zero attached hydrogens (tertiary/aromatic N) is 1. The van der Waals surface area contributed by atoms with Gasteiger partial charge in [0, 0.05) is 11.3 Å². The van der Waals surface area contributed by atoms with E-state index >= 15 is 0 Å². The molecule has 9 heteroatoms. The number of hydrogen-bond acceptors (Lipinski definition) is 6. The van der Waals surface area contributed by atoms with Crippen molar-refractivity contribution in [3.63, 3.8) is 0 Å². The molecule has 3 aromatic rings. The second-order valence-electron chi connectivity index (χ2n) is 8.22. The molecule has 2 amide bonds. The summed E-state index contributed by atoms with van der Waals surface area (Å²) in [6.07, 6.45) is -0.437. The predicted molar refractivity (Wildman–Crippen MR) is 127 cm³/mol. The fourth-order valence-corrected chi connectivity index (χ4v) is 3.37. The maximum atomic E-state index is 12.4. The van der Waals surface area contributed by atoms with E-state index in [0.717, 1.165) is 5.56 Å². The number of hydrogen-bond donors (Lipinski definition) is 3. The Morgan fingerprint density at radius 2 is 1.74 bits per heavy atom. The van der Waals surface area contributed by atoms with Crippen LogP contribution in [-0.4, -0.2) is 28.2 Å². The first kappa shape index (κ1) is 23.6. The summed E-state index contributed by atoms with van der Waals surface area (Å²) in [6, 6.07) is 16.0. The smallest absolute Gasteiger partial charge is 0.412 e. The molecule has 9 nitrogen and oxygen atoms in total. The lowest BCUT2D eigenvalue weighted by atomic mass is 10.1. The fourth-order valence-electron chi connectivity index (χ4n) is 3.37. The van der Waals surface area contributed by atoms with Crippen molar-refractivity contribution < 1.29 is 28.8 Å². The van der Waals surface area contributed by atoms with Crippen LogP contribution < -0.4 is 10.6 Å². The Hall–Kier alpha value is -4.58. The summed E-state index contributed by atoms with van der Waals surface area (Å²) in [5.74, 6) is 4.29. The number of nitrogens with one attached hydrogen (secondary N) is 2. The molecule has 0 unspecified atom stereocenters. The van der Waals surface area contributed by atoms with Crippen molar-refractivity contribution in [2.45, 2.75) is 32.8 Å². The minimum Gasteiger partial charge on any atom is -0.480 e. The molecule has 0 radical (unpaired) electrons. The number of aromatic nitrogens is 1. The fraction of sp³-hybridized carbons (Fsp3) is 0.231. The number of carbonyl (C=O) groups is 3. The molecule has 1 saturated carbocycles. The minimum absolute atomic E-state index is 0.168. The van der Waals surface area contributed by atoms with Crippen LogP contribution in [0.2, 0.25) is 0 Å². The number of amides is 2. The third-order valence-electron chi connectivity index (χ3n) is 5.70. The first-order valence-electron chi connectivity index (χ1n) is 10.9. The van der Waals surface area contributed by atoms with Gasteiger partial charge in [0.05, 0.1) is 0 Å². The zero-order chi connectivity index (χ0) is 25.0. The van der Waals surface area contributed by atoms with Crippen LogP contribution in [-0.2, 0) is 14.3 Å². The van der Waals surface area contributed by atoms with E-state index in [-0.39, 0.29) is 5.76 Å². The lowest BCUT2D eigenvalue weighted by Crippen LogP contribution is -2.31. The van der Waals surface area contributed by atoms with Gasteiger partial charge in [0.2, 0.25) is 11.7 Å². The van der Waals surface area contributed by atoms with Crippen molar-refractivity contribution in [1.82, 2.24) is 5.16 Å². The van der Waals surface area contributed by atoms with E-state index in [1.165, 1.54) is 0 Å². The maximum Gasteiger partial charge on any atom is 0.412 e. The zero-order valence-corrected chi connectivity index (χ0v) is 19.1. The van der Waals surface area contributed by atoms with Gasteiger partial charge in [0.15, 0.2) is 0 Å². The highest BCUT2D eigenvalue weighted by atomic mass is 16.6. The number of aliphatic carboxylic acids is 1. The molecule has 1 atom stereocenters. The van der Waals surface area contributed by atoms with E-state index in [1.54, 1.807) is 38.1 Å². The molecule has 0 saturated heterocycles. The minimum atomic E-state index is -1.31. The molecule has 3 N–H and O–H groups in total. The largest absolute Gasteiger partial charge is 0.480 e. The van der Waals surface area contributed by atoms with Crippen molar-refractivity contribution in [3.8, 4) is 11.8 Å². The topological polar surface area (TPSA) is 131 Å². The van der Waals surface area contributed by atoms with Crippen molar-refractivity contribution >= 4 is 29.3 Å². The van der Waals surface area contributed by atoms with Crippen molar-refractivity contribution in [1.29, 1.82) is 0 Å². The quantitative estimate of drug-likeness (QED) is 0.355. The summed E-state index contributed by atoms with van der Waals surface area (Å²) in [4.78, 5) is 35.9. The van der Waals surface area contributed by atoms with Crippen molar-refractivity contribution in [2.24, 2.45) is 5.41 Å². The number of aryl methyl sites for hydroxylation is 1. The number of carboxylic acid groups (broad SMARTS) is 1. The van der Waals surface area contributed by atoms with E-state index in [1.807, 2.05) is 30.3 Å². The van der Waals surface area contributed by atoms with Crippen LogP contribution in [0.3, 0.4) is 0 Å². The van der Waals surface area contributed by atoms with Gasteiger partial charge in [-0.05, 0) is 62.4 Å². The van der Waals surface area contributed by atoms with E-state index in [4.69, 9.17) is 9.26 Å². The molecule has 1 fully saturated rings. The van der Waals surface area contributed by atoms with Crippen LogP contribution in [0.25, 0.3) is 0 Å². The van der Waals surface area contributed by atoms with Gasteiger partial charge in [-0.2, -0.15) is 0 Å². The summed E-state index contributed by atoms with van der Waals surface area (Å²) in [6.45, 7) is 3.44. The van der Waals surface area contributed by atoms with Gasteiger partial charge < -0.3 is 19.7 Å². The summed E-state index contributed by atoms with van der Waals surface area (Å²) in [7, 11) is 0. The first-order chi connectivity index (χ1) is 16.8. The van der Waals surface area contributed by atoms with Crippen LogP contribution in [0.15, 0.2) is 59.1 Å². The molecule has 1 heterocycles. The molecule has 0 bridgehead atoms. The molecule has 35 heavy (non-hydrogen) atoms. The monoisotopic (exact) mass is 473 g/mol. The van der Waals surface area contributed by atoms with Gasteiger partial charge in [0.25, 0.3) is 0 Å². The van der Waals surface area contributed by atoms with Gasteiger partial charge in [-0.3, -0.25) is 14.9 Å². The zero-order valence-electron chi connectivity index (χ0n) is 19.1. The molecule has 0 spiro atoms. The number of benzene rings is 2. The Morgan fingerprint density at radius 3 is 2.37 bits per heavy atom. The molecular formula is C26H23N3O6. The average molecular weight is 473 g/mol. The van der Waals surface area contributed by atoms with Gasteiger partial charge in [-0.1, -0.05) is 41.4 Å². The maximum absolute atomic E-state index is 12.4. The number of rotatable bonds is 6. The first-order valence-corrected chi connectivity index (χ1v) is 10.9. The normalized spacial score (nSPS) is 14.1. The number of carboxylic acids is 1. The Kier molecular flexibility index (Phi) is 6.55.